The molecule has 0 aliphatic rings. The molecule has 2 aromatic carbocycles. The van der Waals surface area contributed by atoms with Crippen LogP contribution in [-0.2, 0) is 16.3 Å². The summed E-state index contributed by atoms with van der Waals surface area (Å²) in [7, 11) is -3.17. The van der Waals surface area contributed by atoms with Gasteiger partial charge in [0.2, 0.25) is 0 Å². The van der Waals surface area contributed by atoms with Crippen molar-refractivity contribution in [2.75, 3.05) is 19.3 Å². The van der Waals surface area contributed by atoms with E-state index in [0.717, 1.165) is 17.7 Å². The second-order valence-electron chi connectivity index (χ2n) is 6.46. The average Bonchev–Trinajstić information content (AvgIpc) is 2.61. The summed E-state index contributed by atoms with van der Waals surface area (Å²) in [5.74, 6) is 0.689. The van der Waals surface area contributed by atoms with Gasteiger partial charge in [-0.05, 0) is 55.7 Å². The maximum Gasteiger partial charge on any atom is 0.191 e. The van der Waals surface area contributed by atoms with Crippen LogP contribution in [0.3, 0.4) is 0 Å². The first-order valence-electron chi connectivity index (χ1n) is 8.99. The number of nitrogens with one attached hydrogen (secondary N) is 2. The van der Waals surface area contributed by atoms with Crippen LogP contribution in [0.15, 0.2) is 52.4 Å². The number of rotatable bonds is 7. The first-order valence-corrected chi connectivity index (χ1v) is 11.6. The van der Waals surface area contributed by atoms with Crippen molar-refractivity contribution < 1.29 is 8.42 Å². The summed E-state index contributed by atoms with van der Waals surface area (Å²) in [6.45, 7) is 5.30. The van der Waals surface area contributed by atoms with E-state index in [9.17, 15) is 8.42 Å². The van der Waals surface area contributed by atoms with E-state index in [1.54, 1.807) is 18.2 Å². The molecule has 0 saturated heterocycles. The molecule has 0 saturated carbocycles. The molecule has 0 bridgehead atoms. The third-order valence-corrected chi connectivity index (χ3v) is 5.84. The summed E-state index contributed by atoms with van der Waals surface area (Å²) in [5.41, 5.74) is 1.97. The number of benzene rings is 2. The van der Waals surface area contributed by atoms with Crippen molar-refractivity contribution in [3.8, 4) is 0 Å². The summed E-state index contributed by atoms with van der Waals surface area (Å²) in [4.78, 5) is 4.92. The molecule has 0 aliphatic carbocycles. The molecular formula is C20H26Cl2IN3O2S. The van der Waals surface area contributed by atoms with Gasteiger partial charge in [0, 0.05) is 29.4 Å². The molecule has 2 aromatic rings. The van der Waals surface area contributed by atoms with Crippen LogP contribution >= 0.6 is 47.2 Å². The van der Waals surface area contributed by atoms with Crippen LogP contribution in [0.1, 0.15) is 31.0 Å². The molecular weight excluding hydrogens is 544 g/mol. The number of halogens is 3. The third-order valence-electron chi connectivity index (χ3n) is 4.15. The van der Waals surface area contributed by atoms with Gasteiger partial charge < -0.3 is 10.6 Å². The van der Waals surface area contributed by atoms with Gasteiger partial charge in [0.25, 0.3) is 0 Å². The van der Waals surface area contributed by atoms with Crippen LogP contribution in [0.5, 0.6) is 0 Å². The van der Waals surface area contributed by atoms with E-state index >= 15 is 0 Å². The van der Waals surface area contributed by atoms with Crippen molar-refractivity contribution in [2.24, 2.45) is 4.99 Å². The normalized spacial score (nSPS) is 12.8. The highest BCUT2D eigenvalue weighted by Crippen LogP contribution is 2.26. The number of nitrogens with zero attached hydrogens (tertiary/aromatic N) is 1. The van der Waals surface area contributed by atoms with E-state index in [0.29, 0.717) is 33.9 Å². The highest BCUT2D eigenvalue weighted by molar-refractivity contribution is 14.0. The fourth-order valence-corrected chi connectivity index (χ4v) is 3.86. The molecule has 0 radical (unpaired) electrons. The molecule has 160 valence electrons. The molecule has 29 heavy (non-hydrogen) atoms. The standard InChI is InChI=1S/C20H25Cl2N3O2S.HI/c1-4-23-20(25-14(2)18-10-7-16(21)13-19(18)22)24-12-11-15-5-8-17(9-6-15)28(3,26)27;/h5-10,13-14H,4,11-12H2,1-3H3,(H2,23,24,25);1H. The average molecular weight is 570 g/mol. The SMILES string of the molecule is CCNC(=NCCc1ccc(S(C)(=O)=O)cc1)NC(C)c1ccc(Cl)cc1Cl.I. The number of sulfone groups is 1. The van der Waals surface area contributed by atoms with Crippen LogP contribution in [-0.4, -0.2) is 33.7 Å². The van der Waals surface area contributed by atoms with Gasteiger partial charge in [-0.1, -0.05) is 41.4 Å². The van der Waals surface area contributed by atoms with E-state index < -0.39 is 9.84 Å². The van der Waals surface area contributed by atoms with Gasteiger partial charge in [0.1, 0.15) is 0 Å². The lowest BCUT2D eigenvalue weighted by Gasteiger charge is -2.19. The smallest absolute Gasteiger partial charge is 0.191 e. The van der Waals surface area contributed by atoms with Gasteiger partial charge in [-0.3, -0.25) is 4.99 Å². The number of hydrogen-bond acceptors (Lipinski definition) is 3. The second kappa shape index (κ2) is 12.0. The molecule has 0 aliphatic heterocycles. The number of hydrogen-bond donors (Lipinski definition) is 2. The van der Waals surface area contributed by atoms with Crippen molar-refractivity contribution in [1.29, 1.82) is 0 Å². The lowest BCUT2D eigenvalue weighted by molar-refractivity contribution is 0.602. The molecule has 1 unspecified atom stereocenters. The van der Waals surface area contributed by atoms with E-state index in [-0.39, 0.29) is 30.0 Å². The summed E-state index contributed by atoms with van der Waals surface area (Å²) >= 11 is 12.3. The highest BCUT2D eigenvalue weighted by Gasteiger charge is 2.12. The lowest BCUT2D eigenvalue weighted by atomic mass is 10.1. The zero-order chi connectivity index (χ0) is 20.7. The van der Waals surface area contributed by atoms with Gasteiger partial charge in [-0.15, -0.1) is 24.0 Å². The molecule has 5 nitrogen and oxygen atoms in total. The van der Waals surface area contributed by atoms with Crippen LogP contribution in [0.4, 0.5) is 0 Å². The van der Waals surface area contributed by atoms with Crippen molar-refractivity contribution in [3.63, 3.8) is 0 Å². The molecule has 9 heteroatoms. The Morgan fingerprint density at radius 1 is 1.14 bits per heavy atom. The predicted octanol–water partition coefficient (Wildman–Crippen LogP) is 4.87. The van der Waals surface area contributed by atoms with E-state index in [2.05, 4.69) is 15.6 Å². The van der Waals surface area contributed by atoms with Gasteiger partial charge >= 0.3 is 0 Å². The lowest BCUT2D eigenvalue weighted by Crippen LogP contribution is -2.39. The van der Waals surface area contributed by atoms with E-state index in [1.165, 1.54) is 6.26 Å². The Kier molecular flexibility index (Phi) is 10.7. The van der Waals surface area contributed by atoms with Gasteiger partial charge in [0.15, 0.2) is 15.8 Å². The summed E-state index contributed by atoms with van der Waals surface area (Å²) in [5, 5.41) is 7.77. The molecule has 0 fully saturated rings. The van der Waals surface area contributed by atoms with Gasteiger partial charge in [-0.2, -0.15) is 0 Å². The maximum absolute atomic E-state index is 11.5. The Balaban J connectivity index is 0.00000420. The largest absolute Gasteiger partial charge is 0.357 e. The highest BCUT2D eigenvalue weighted by atomic mass is 127. The zero-order valence-electron chi connectivity index (χ0n) is 16.6. The Morgan fingerprint density at radius 3 is 2.34 bits per heavy atom. The Hall–Kier alpha value is -1.03. The van der Waals surface area contributed by atoms with Gasteiger partial charge in [-0.25, -0.2) is 8.42 Å². The first kappa shape index (κ1) is 26.0. The first-order chi connectivity index (χ1) is 13.2. The van der Waals surface area contributed by atoms with Crippen LogP contribution in [0, 0.1) is 0 Å². The van der Waals surface area contributed by atoms with Gasteiger partial charge in [0.05, 0.1) is 10.9 Å². The molecule has 2 N–H and O–H groups in total. The fourth-order valence-electron chi connectivity index (χ4n) is 2.66. The molecule has 2 rings (SSSR count). The van der Waals surface area contributed by atoms with E-state index in [4.69, 9.17) is 23.2 Å². The minimum atomic E-state index is -3.17. The summed E-state index contributed by atoms with van der Waals surface area (Å²) < 4.78 is 23.1. The topological polar surface area (TPSA) is 70.6 Å². The summed E-state index contributed by atoms with van der Waals surface area (Å²) in [6, 6.07) is 12.3. The molecule has 0 amide bonds. The van der Waals surface area contributed by atoms with E-state index in [1.807, 2.05) is 38.1 Å². The predicted molar refractivity (Wildman–Crippen MR) is 133 cm³/mol. The van der Waals surface area contributed by atoms with Crippen molar-refractivity contribution in [2.45, 2.75) is 31.2 Å². The van der Waals surface area contributed by atoms with Crippen LogP contribution in [0.2, 0.25) is 10.0 Å². The summed E-state index contributed by atoms with van der Waals surface area (Å²) in [6.07, 6.45) is 1.91. The third kappa shape index (κ3) is 8.32. The fraction of sp³-hybridized carbons (Fsp3) is 0.350. The minimum absolute atomic E-state index is 0. The number of aliphatic imine (C=N–C) groups is 1. The Labute approximate surface area is 200 Å². The second-order valence-corrected chi connectivity index (χ2v) is 9.32. The number of guanidine groups is 1. The molecule has 0 spiro atoms. The van der Waals surface area contributed by atoms with Crippen LogP contribution in [0.25, 0.3) is 0 Å². The maximum atomic E-state index is 11.5. The molecule has 1 atom stereocenters. The molecule has 0 aromatic heterocycles. The molecule has 0 heterocycles. The van der Waals surface area contributed by atoms with Crippen molar-refractivity contribution in [1.82, 2.24) is 10.6 Å². The van der Waals surface area contributed by atoms with Crippen LogP contribution < -0.4 is 10.6 Å². The zero-order valence-corrected chi connectivity index (χ0v) is 21.2. The minimum Gasteiger partial charge on any atom is -0.357 e. The van der Waals surface area contributed by atoms with Crippen molar-refractivity contribution in [3.05, 3.63) is 63.6 Å². The Morgan fingerprint density at radius 2 is 1.79 bits per heavy atom. The Bertz CT molecular complexity index is 935. The monoisotopic (exact) mass is 569 g/mol. The van der Waals surface area contributed by atoms with Crippen molar-refractivity contribution >= 4 is 63.0 Å². The quantitative estimate of drug-likeness (QED) is 0.283.